The van der Waals surface area contributed by atoms with Crippen molar-refractivity contribution >= 4 is 5.91 Å². The van der Waals surface area contributed by atoms with E-state index in [0.717, 1.165) is 32.2 Å². The lowest BCUT2D eigenvalue weighted by Gasteiger charge is -2.40. The van der Waals surface area contributed by atoms with Gasteiger partial charge in [0.2, 0.25) is 5.91 Å². The maximum atomic E-state index is 12.1. The highest BCUT2D eigenvalue weighted by Gasteiger charge is 2.34. The Balaban J connectivity index is 2.25. The molecule has 86 valence electrons. The van der Waals surface area contributed by atoms with Gasteiger partial charge in [0.15, 0.2) is 0 Å². The molecule has 1 amide bonds. The van der Waals surface area contributed by atoms with E-state index in [4.69, 9.17) is 0 Å². The highest BCUT2D eigenvalue weighted by Crippen LogP contribution is 2.29. The summed E-state index contributed by atoms with van der Waals surface area (Å²) in [6.45, 7) is 4.78. The summed E-state index contributed by atoms with van der Waals surface area (Å²) in [4.78, 5) is 14.1. The van der Waals surface area contributed by atoms with Crippen molar-refractivity contribution in [1.82, 2.24) is 4.90 Å². The van der Waals surface area contributed by atoms with E-state index in [1.165, 1.54) is 0 Å². The molecule has 0 radical (unpaired) electrons. The van der Waals surface area contributed by atoms with Crippen LogP contribution in [0, 0.1) is 0 Å². The quantitative estimate of drug-likeness (QED) is 0.651. The number of carbonyl (C=O) groups is 1. The van der Waals surface area contributed by atoms with Crippen molar-refractivity contribution in [2.75, 3.05) is 6.54 Å². The van der Waals surface area contributed by atoms with Gasteiger partial charge in [-0.05, 0) is 19.3 Å². The zero-order valence-corrected chi connectivity index (χ0v) is 9.69. The fraction of sp³-hybridized carbons (Fsp3) is 0.500. The second-order valence-corrected chi connectivity index (χ2v) is 4.54. The van der Waals surface area contributed by atoms with Crippen molar-refractivity contribution in [3.05, 3.63) is 37.0 Å². The van der Waals surface area contributed by atoms with Gasteiger partial charge in [-0.2, -0.15) is 0 Å². The van der Waals surface area contributed by atoms with Crippen LogP contribution in [-0.4, -0.2) is 22.9 Å². The number of hydrogen-bond acceptors (Lipinski definition) is 1. The van der Waals surface area contributed by atoms with Crippen LogP contribution in [0.5, 0.6) is 0 Å². The summed E-state index contributed by atoms with van der Waals surface area (Å²) >= 11 is 0. The molecule has 2 aliphatic rings. The van der Waals surface area contributed by atoms with Crippen LogP contribution in [0.15, 0.2) is 37.0 Å². The van der Waals surface area contributed by atoms with Crippen LogP contribution in [0.3, 0.4) is 0 Å². The van der Waals surface area contributed by atoms with Gasteiger partial charge < -0.3 is 4.90 Å². The Morgan fingerprint density at radius 3 is 2.88 bits per heavy atom. The largest absolute Gasteiger partial charge is 0.330 e. The molecule has 0 N–H and O–H groups in total. The van der Waals surface area contributed by atoms with E-state index in [0.29, 0.717) is 6.42 Å². The minimum atomic E-state index is -0.268. The number of hydrogen-bond donors (Lipinski definition) is 0. The first-order chi connectivity index (χ1) is 7.78. The molecule has 1 unspecified atom stereocenters. The van der Waals surface area contributed by atoms with Crippen LogP contribution in [0.2, 0.25) is 0 Å². The van der Waals surface area contributed by atoms with E-state index in [9.17, 15) is 4.79 Å². The second-order valence-electron chi connectivity index (χ2n) is 4.54. The molecular formula is C14H19NO. The molecule has 0 aromatic carbocycles. The molecule has 1 heterocycles. The van der Waals surface area contributed by atoms with Gasteiger partial charge in [0, 0.05) is 13.0 Å². The van der Waals surface area contributed by atoms with Gasteiger partial charge in [-0.3, -0.25) is 4.79 Å². The first-order valence-electron chi connectivity index (χ1n) is 6.07. The number of allylic oxidation sites excluding steroid dienone is 2. The molecule has 2 rings (SSSR count). The zero-order chi connectivity index (χ0) is 11.4. The van der Waals surface area contributed by atoms with Gasteiger partial charge >= 0.3 is 0 Å². The van der Waals surface area contributed by atoms with Crippen molar-refractivity contribution in [3.8, 4) is 0 Å². The average molecular weight is 217 g/mol. The summed E-state index contributed by atoms with van der Waals surface area (Å²) in [5, 5.41) is 0. The summed E-state index contributed by atoms with van der Waals surface area (Å²) in [5.41, 5.74) is -0.268. The van der Waals surface area contributed by atoms with Crippen molar-refractivity contribution in [2.45, 2.75) is 37.6 Å². The summed E-state index contributed by atoms with van der Waals surface area (Å²) < 4.78 is 0. The standard InChI is InChI=1S/C14H19NO/c1-2-14(10-6-4-7-11-14)15-12-8-3-5-9-13(15)16/h2,4,6-7,10H,1,3,5,8-9,11-12H2. The second kappa shape index (κ2) is 4.69. The molecule has 1 saturated heterocycles. The SMILES string of the molecule is C=CC1(N2CCCCCC2=O)C=CC=CC1. The maximum absolute atomic E-state index is 12.1. The molecule has 0 saturated carbocycles. The maximum Gasteiger partial charge on any atom is 0.223 e. The summed E-state index contributed by atoms with van der Waals surface area (Å²) in [5.74, 6) is 0.275. The van der Waals surface area contributed by atoms with E-state index in [2.05, 4.69) is 18.7 Å². The van der Waals surface area contributed by atoms with E-state index in [1.54, 1.807) is 0 Å². The van der Waals surface area contributed by atoms with Gasteiger partial charge in [-0.25, -0.2) is 0 Å². The van der Waals surface area contributed by atoms with Gasteiger partial charge in [0.1, 0.15) is 0 Å². The summed E-state index contributed by atoms with van der Waals surface area (Å²) in [7, 11) is 0. The molecule has 0 bridgehead atoms. The first kappa shape index (κ1) is 11.2. The molecule has 1 atom stereocenters. The molecule has 1 aliphatic carbocycles. The van der Waals surface area contributed by atoms with E-state index in [-0.39, 0.29) is 11.4 Å². The Labute approximate surface area is 97.3 Å². The topological polar surface area (TPSA) is 20.3 Å². The number of rotatable bonds is 2. The Hall–Kier alpha value is -1.31. The number of carbonyl (C=O) groups excluding carboxylic acids is 1. The highest BCUT2D eigenvalue weighted by atomic mass is 16.2. The van der Waals surface area contributed by atoms with Crippen molar-refractivity contribution in [2.24, 2.45) is 0 Å². The lowest BCUT2D eigenvalue weighted by molar-refractivity contribution is -0.133. The highest BCUT2D eigenvalue weighted by molar-refractivity contribution is 5.78. The Morgan fingerprint density at radius 1 is 1.31 bits per heavy atom. The van der Waals surface area contributed by atoms with Crippen molar-refractivity contribution in [3.63, 3.8) is 0 Å². The number of amides is 1. The number of nitrogens with zero attached hydrogens (tertiary/aromatic N) is 1. The normalized spacial score (nSPS) is 30.2. The number of likely N-dealkylation sites (tertiary alicyclic amines) is 1. The molecule has 1 fully saturated rings. The Kier molecular flexibility index (Phi) is 3.28. The minimum Gasteiger partial charge on any atom is -0.330 e. The fourth-order valence-corrected chi connectivity index (χ4v) is 2.51. The fourth-order valence-electron chi connectivity index (χ4n) is 2.51. The summed E-state index contributed by atoms with van der Waals surface area (Å²) in [6.07, 6.45) is 15.0. The predicted octanol–water partition coefficient (Wildman–Crippen LogP) is 2.83. The van der Waals surface area contributed by atoms with Crippen LogP contribution in [0.25, 0.3) is 0 Å². The third kappa shape index (κ3) is 1.97. The average Bonchev–Trinajstić information content (AvgIpc) is 2.55. The first-order valence-corrected chi connectivity index (χ1v) is 6.07. The molecule has 0 spiro atoms. The monoisotopic (exact) mass is 217 g/mol. The lowest BCUT2D eigenvalue weighted by Crippen LogP contribution is -2.49. The van der Waals surface area contributed by atoms with Crippen molar-refractivity contribution < 1.29 is 4.79 Å². The van der Waals surface area contributed by atoms with Crippen LogP contribution in [-0.2, 0) is 4.79 Å². The van der Waals surface area contributed by atoms with Crippen molar-refractivity contribution in [1.29, 1.82) is 0 Å². The van der Waals surface area contributed by atoms with E-state index < -0.39 is 0 Å². The van der Waals surface area contributed by atoms with E-state index in [1.807, 2.05) is 23.1 Å². The molecule has 1 aliphatic heterocycles. The Morgan fingerprint density at radius 2 is 2.19 bits per heavy atom. The van der Waals surface area contributed by atoms with Crippen LogP contribution < -0.4 is 0 Å². The lowest BCUT2D eigenvalue weighted by atomic mass is 9.89. The molecule has 2 heteroatoms. The van der Waals surface area contributed by atoms with Crippen LogP contribution >= 0.6 is 0 Å². The molecule has 0 aromatic heterocycles. The molecule has 2 nitrogen and oxygen atoms in total. The third-order valence-corrected chi connectivity index (χ3v) is 3.51. The molecule has 0 aromatic rings. The van der Waals surface area contributed by atoms with Gasteiger partial charge in [-0.15, -0.1) is 6.58 Å². The minimum absolute atomic E-state index is 0.268. The molecular weight excluding hydrogens is 198 g/mol. The molecule has 16 heavy (non-hydrogen) atoms. The van der Waals surface area contributed by atoms with E-state index >= 15 is 0 Å². The van der Waals surface area contributed by atoms with Crippen LogP contribution in [0.4, 0.5) is 0 Å². The predicted molar refractivity (Wildman–Crippen MR) is 66.0 cm³/mol. The van der Waals surface area contributed by atoms with Gasteiger partial charge in [0.25, 0.3) is 0 Å². The van der Waals surface area contributed by atoms with Gasteiger partial charge in [-0.1, -0.05) is 36.8 Å². The Bertz CT molecular complexity index is 343. The smallest absolute Gasteiger partial charge is 0.223 e. The summed E-state index contributed by atoms with van der Waals surface area (Å²) in [6, 6.07) is 0. The van der Waals surface area contributed by atoms with Gasteiger partial charge in [0.05, 0.1) is 5.54 Å². The zero-order valence-electron chi connectivity index (χ0n) is 9.69. The third-order valence-electron chi connectivity index (χ3n) is 3.51. The van der Waals surface area contributed by atoms with Crippen LogP contribution in [0.1, 0.15) is 32.1 Å².